The largest absolute Gasteiger partial charge is 0.353 e. The summed E-state index contributed by atoms with van der Waals surface area (Å²) in [6.45, 7) is 1.79. The van der Waals surface area contributed by atoms with Crippen molar-refractivity contribution in [3.8, 4) is 0 Å². The van der Waals surface area contributed by atoms with E-state index in [1.165, 1.54) is 25.7 Å². The molecule has 1 amide bonds. The van der Waals surface area contributed by atoms with Crippen LogP contribution in [0.5, 0.6) is 0 Å². The van der Waals surface area contributed by atoms with Gasteiger partial charge in [-0.05, 0) is 46.3 Å². The third-order valence-electron chi connectivity index (χ3n) is 4.45. The van der Waals surface area contributed by atoms with Crippen molar-refractivity contribution in [1.29, 1.82) is 0 Å². The molecular formula is C13H25N3O. The minimum atomic E-state index is 0.0515. The molecule has 4 nitrogen and oxygen atoms in total. The summed E-state index contributed by atoms with van der Waals surface area (Å²) < 4.78 is 0. The molecule has 0 spiro atoms. The summed E-state index contributed by atoms with van der Waals surface area (Å²) in [7, 11) is 4.26. The Bertz CT molecular complexity index is 266. The summed E-state index contributed by atoms with van der Waals surface area (Å²) in [5, 5.41) is 6.39. The number of rotatable bonds is 4. The molecule has 1 aliphatic heterocycles. The first kappa shape index (κ1) is 12.8. The van der Waals surface area contributed by atoms with Crippen molar-refractivity contribution in [2.24, 2.45) is 0 Å². The molecule has 1 saturated heterocycles. The Balaban J connectivity index is 1.85. The molecule has 1 aliphatic carbocycles. The molecule has 0 aromatic heterocycles. The maximum atomic E-state index is 12.0. The SMILES string of the molecule is CN(C)C1(CNC(=O)C2CCCN2)CCCC1. The molecule has 0 aromatic rings. The van der Waals surface area contributed by atoms with Crippen LogP contribution in [-0.4, -0.2) is 49.6 Å². The summed E-state index contributed by atoms with van der Waals surface area (Å²) >= 11 is 0. The zero-order chi connectivity index (χ0) is 12.3. The Morgan fingerprint density at radius 1 is 1.35 bits per heavy atom. The molecule has 2 N–H and O–H groups in total. The molecule has 0 bridgehead atoms. The molecule has 2 aliphatic rings. The molecule has 1 heterocycles. The molecule has 4 heteroatoms. The monoisotopic (exact) mass is 239 g/mol. The first-order valence-electron chi connectivity index (χ1n) is 6.83. The molecular weight excluding hydrogens is 214 g/mol. The summed E-state index contributed by atoms with van der Waals surface area (Å²) in [5.41, 5.74) is 0.203. The van der Waals surface area contributed by atoms with Gasteiger partial charge in [0.05, 0.1) is 6.04 Å². The van der Waals surface area contributed by atoms with Gasteiger partial charge >= 0.3 is 0 Å². The smallest absolute Gasteiger partial charge is 0.237 e. The average Bonchev–Trinajstić information content (AvgIpc) is 2.97. The quantitative estimate of drug-likeness (QED) is 0.760. The number of hydrogen-bond donors (Lipinski definition) is 2. The van der Waals surface area contributed by atoms with Gasteiger partial charge in [0.25, 0.3) is 0 Å². The number of nitrogens with one attached hydrogen (secondary N) is 2. The van der Waals surface area contributed by atoms with Crippen molar-refractivity contribution >= 4 is 5.91 Å². The van der Waals surface area contributed by atoms with Crippen LogP contribution < -0.4 is 10.6 Å². The lowest BCUT2D eigenvalue weighted by Gasteiger charge is -2.36. The second kappa shape index (κ2) is 5.36. The highest BCUT2D eigenvalue weighted by Crippen LogP contribution is 2.33. The van der Waals surface area contributed by atoms with Crippen LogP contribution in [0.1, 0.15) is 38.5 Å². The Kier molecular flexibility index (Phi) is 4.05. The van der Waals surface area contributed by atoms with Crippen LogP contribution in [0, 0.1) is 0 Å². The van der Waals surface area contributed by atoms with Crippen molar-refractivity contribution in [3.63, 3.8) is 0 Å². The van der Waals surface area contributed by atoms with Gasteiger partial charge in [-0.3, -0.25) is 4.79 Å². The molecule has 2 fully saturated rings. The fraction of sp³-hybridized carbons (Fsp3) is 0.923. The third-order valence-corrected chi connectivity index (χ3v) is 4.45. The molecule has 17 heavy (non-hydrogen) atoms. The Hall–Kier alpha value is -0.610. The van der Waals surface area contributed by atoms with Crippen LogP contribution in [0.3, 0.4) is 0 Å². The molecule has 98 valence electrons. The van der Waals surface area contributed by atoms with E-state index in [4.69, 9.17) is 0 Å². The Labute approximate surface area is 104 Å². The zero-order valence-corrected chi connectivity index (χ0v) is 11.1. The minimum Gasteiger partial charge on any atom is -0.353 e. The molecule has 1 unspecified atom stereocenters. The normalized spacial score (nSPS) is 27.6. The van der Waals surface area contributed by atoms with E-state index >= 15 is 0 Å². The van der Waals surface area contributed by atoms with E-state index < -0.39 is 0 Å². The fourth-order valence-corrected chi connectivity index (χ4v) is 3.10. The van der Waals surface area contributed by atoms with Gasteiger partial charge < -0.3 is 15.5 Å². The standard InChI is InChI=1S/C13H25N3O/c1-16(2)13(7-3-4-8-13)10-15-12(17)11-6-5-9-14-11/h11,14H,3-10H2,1-2H3,(H,15,17). The van der Waals surface area contributed by atoms with Crippen molar-refractivity contribution in [3.05, 3.63) is 0 Å². The lowest BCUT2D eigenvalue weighted by atomic mass is 9.96. The predicted molar refractivity (Wildman–Crippen MR) is 68.9 cm³/mol. The van der Waals surface area contributed by atoms with Crippen LogP contribution in [0.2, 0.25) is 0 Å². The number of nitrogens with zero attached hydrogens (tertiary/aromatic N) is 1. The van der Waals surface area contributed by atoms with Crippen molar-refractivity contribution in [2.75, 3.05) is 27.2 Å². The van der Waals surface area contributed by atoms with E-state index in [0.717, 1.165) is 25.9 Å². The van der Waals surface area contributed by atoms with E-state index in [0.29, 0.717) is 0 Å². The number of amides is 1. The highest BCUT2D eigenvalue weighted by Gasteiger charge is 2.36. The van der Waals surface area contributed by atoms with Crippen molar-refractivity contribution < 1.29 is 4.79 Å². The number of carbonyl (C=O) groups is 1. The van der Waals surface area contributed by atoms with E-state index in [1.54, 1.807) is 0 Å². The topological polar surface area (TPSA) is 44.4 Å². The van der Waals surface area contributed by atoms with Crippen LogP contribution in [0.25, 0.3) is 0 Å². The first-order chi connectivity index (χ1) is 8.14. The van der Waals surface area contributed by atoms with Crippen LogP contribution in [0.15, 0.2) is 0 Å². The van der Waals surface area contributed by atoms with Crippen LogP contribution >= 0.6 is 0 Å². The van der Waals surface area contributed by atoms with Crippen LogP contribution in [0.4, 0.5) is 0 Å². The van der Waals surface area contributed by atoms with Crippen LogP contribution in [-0.2, 0) is 4.79 Å². The lowest BCUT2D eigenvalue weighted by molar-refractivity contribution is -0.123. The second-order valence-corrected chi connectivity index (χ2v) is 5.69. The summed E-state index contributed by atoms with van der Waals surface area (Å²) in [4.78, 5) is 14.3. The van der Waals surface area contributed by atoms with Gasteiger partial charge in [0.15, 0.2) is 0 Å². The van der Waals surface area contributed by atoms with Gasteiger partial charge in [0.2, 0.25) is 5.91 Å². The van der Waals surface area contributed by atoms with E-state index in [2.05, 4.69) is 29.6 Å². The molecule has 2 rings (SSSR count). The predicted octanol–water partition coefficient (Wildman–Crippen LogP) is 0.729. The molecule has 0 radical (unpaired) electrons. The van der Waals surface area contributed by atoms with Gasteiger partial charge in [-0.2, -0.15) is 0 Å². The Morgan fingerprint density at radius 2 is 2.06 bits per heavy atom. The summed E-state index contributed by atoms with van der Waals surface area (Å²) in [5.74, 6) is 0.190. The van der Waals surface area contributed by atoms with Gasteiger partial charge in [-0.1, -0.05) is 12.8 Å². The van der Waals surface area contributed by atoms with Gasteiger partial charge in [-0.15, -0.1) is 0 Å². The number of likely N-dealkylation sites (N-methyl/N-ethyl adjacent to an activating group) is 1. The van der Waals surface area contributed by atoms with E-state index in [1.807, 2.05) is 0 Å². The molecule has 1 atom stereocenters. The third kappa shape index (κ3) is 2.80. The molecule has 1 saturated carbocycles. The van der Waals surface area contributed by atoms with Crippen molar-refractivity contribution in [2.45, 2.75) is 50.1 Å². The van der Waals surface area contributed by atoms with E-state index in [-0.39, 0.29) is 17.5 Å². The minimum absolute atomic E-state index is 0.0515. The van der Waals surface area contributed by atoms with Gasteiger partial charge in [-0.25, -0.2) is 0 Å². The first-order valence-corrected chi connectivity index (χ1v) is 6.83. The Morgan fingerprint density at radius 3 is 2.59 bits per heavy atom. The zero-order valence-electron chi connectivity index (χ0n) is 11.1. The maximum Gasteiger partial charge on any atom is 0.237 e. The van der Waals surface area contributed by atoms with Crippen molar-refractivity contribution in [1.82, 2.24) is 15.5 Å². The second-order valence-electron chi connectivity index (χ2n) is 5.69. The van der Waals surface area contributed by atoms with E-state index in [9.17, 15) is 4.79 Å². The lowest BCUT2D eigenvalue weighted by Crippen LogP contribution is -2.53. The fourth-order valence-electron chi connectivity index (χ4n) is 3.10. The van der Waals surface area contributed by atoms with Gasteiger partial charge in [0.1, 0.15) is 0 Å². The number of carbonyl (C=O) groups excluding carboxylic acids is 1. The highest BCUT2D eigenvalue weighted by atomic mass is 16.2. The average molecular weight is 239 g/mol. The maximum absolute atomic E-state index is 12.0. The molecule has 0 aromatic carbocycles. The summed E-state index contributed by atoms with van der Waals surface area (Å²) in [6.07, 6.45) is 7.10. The number of hydrogen-bond acceptors (Lipinski definition) is 3. The van der Waals surface area contributed by atoms with Gasteiger partial charge in [0, 0.05) is 12.1 Å². The highest BCUT2D eigenvalue weighted by molar-refractivity contribution is 5.82. The summed E-state index contributed by atoms with van der Waals surface area (Å²) in [6, 6.07) is 0.0515.